The van der Waals surface area contributed by atoms with Crippen molar-refractivity contribution >= 4 is 45.0 Å². The molecule has 2 aromatic carbocycles. The number of carboxylic acid groups (broad SMARTS) is 1. The van der Waals surface area contributed by atoms with Gasteiger partial charge in [-0.3, -0.25) is 19.2 Å². The van der Waals surface area contributed by atoms with Crippen LogP contribution in [-0.4, -0.2) is 63.5 Å². The molecule has 2 fully saturated rings. The number of carbonyl (C=O) groups is 3. The van der Waals surface area contributed by atoms with E-state index in [4.69, 9.17) is 4.74 Å². The van der Waals surface area contributed by atoms with Crippen LogP contribution in [0.5, 0.6) is 0 Å². The van der Waals surface area contributed by atoms with E-state index in [0.29, 0.717) is 50.4 Å². The molecular weight excluding hydrogens is 579 g/mol. The Hall–Kier alpha value is -3.71. The lowest BCUT2D eigenvalue weighted by atomic mass is 9.75. The molecule has 3 aliphatic rings. The number of sulfonamides is 1. The minimum Gasteiger partial charge on any atom is -0.465 e. The van der Waals surface area contributed by atoms with Crippen LogP contribution in [0.2, 0.25) is 0 Å². The maximum atomic E-state index is 15.7. The highest BCUT2D eigenvalue weighted by Gasteiger charge is 2.48. The normalized spacial score (nSPS) is 22.0. The molecule has 11 nitrogen and oxygen atoms in total. The van der Waals surface area contributed by atoms with Gasteiger partial charge in [-0.1, -0.05) is 25.8 Å². The average Bonchev–Trinajstić information content (AvgIpc) is 3.25. The molecule has 232 valence electrons. The summed E-state index contributed by atoms with van der Waals surface area (Å²) in [4.78, 5) is 40.3. The molecule has 4 N–H and O–H groups in total. The SMILES string of the molecule is CS(=O)(=O)Nc1cccc(C(=O)NC(C(=O)Nc2cc(F)c3c(c2)N(C(=O)O)CC32CCOCC2)[C@H]2CC[C@H](C)CC2)c1. The van der Waals surface area contributed by atoms with Crippen LogP contribution >= 0.6 is 0 Å². The van der Waals surface area contributed by atoms with E-state index in [0.717, 1.165) is 24.0 Å². The molecule has 1 spiro atoms. The van der Waals surface area contributed by atoms with Crippen LogP contribution < -0.4 is 20.3 Å². The highest BCUT2D eigenvalue weighted by Crippen LogP contribution is 2.49. The number of benzene rings is 2. The number of hydrogen-bond acceptors (Lipinski definition) is 6. The number of nitrogens with zero attached hydrogens (tertiary/aromatic N) is 1. The van der Waals surface area contributed by atoms with Crippen LogP contribution in [0.15, 0.2) is 36.4 Å². The number of rotatable bonds is 7. The monoisotopic (exact) mass is 616 g/mol. The van der Waals surface area contributed by atoms with Gasteiger partial charge in [0, 0.05) is 47.7 Å². The van der Waals surface area contributed by atoms with Crippen LogP contribution in [0.25, 0.3) is 0 Å². The van der Waals surface area contributed by atoms with Crippen LogP contribution in [0.1, 0.15) is 61.4 Å². The van der Waals surface area contributed by atoms with Gasteiger partial charge in [-0.2, -0.15) is 0 Å². The van der Waals surface area contributed by atoms with E-state index in [9.17, 15) is 27.9 Å². The van der Waals surface area contributed by atoms with Gasteiger partial charge < -0.3 is 20.5 Å². The van der Waals surface area contributed by atoms with Gasteiger partial charge in [0.05, 0.1) is 11.9 Å². The van der Waals surface area contributed by atoms with Crippen molar-refractivity contribution in [1.82, 2.24) is 5.32 Å². The summed E-state index contributed by atoms with van der Waals surface area (Å²) in [5.74, 6) is -1.40. The van der Waals surface area contributed by atoms with Crippen LogP contribution in [0.4, 0.5) is 26.2 Å². The first-order valence-electron chi connectivity index (χ1n) is 14.5. The largest absolute Gasteiger partial charge is 0.465 e. The average molecular weight is 617 g/mol. The summed E-state index contributed by atoms with van der Waals surface area (Å²) in [6.45, 7) is 3.05. The zero-order chi connectivity index (χ0) is 30.9. The molecule has 1 atom stereocenters. The molecule has 0 bridgehead atoms. The van der Waals surface area contributed by atoms with Crippen LogP contribution in [0.3, 0.4) is 0 Å². The molecule has 1 saturated carbocycles. The zero-order valence-corrected chi connectivity index (χ0v) is 25.0. The third kappa shape index (κ3) is 6.77. The summed E-state index contributed by atoms with van der Waals surface area (Å²) in [7, 11) is -3.56. The van der Waals surface area contributed by atoms with Crippen molar-refractivity contribution in [2.24, 2.45) is 11.8 Å². The fourth-order valence-electron chi connectivity index (χ4n) is 6.61. The van der Waals surface area contributed by atoms with Gasteiger partial charge in [-0.15, -0.1) is 0 Å². The van der Waals surface area contributed by atoms with Gasteiger partial charge in [0.15, 0.2) is 0 Å². The van der Waals surface area contributed by atoms with Gasteiger partial charge >= 0.3 is 6.09 Å². The number of hydrogen-bond donors (Lipinski definition) is 4. The fourth-order valence-corrected chi connectivity index (χ4v) is 7.16. The minimum absolute atomic E-state index is 0.0967. The Kier molecular flexibility index (Phi) is 8.66. The van der Waals surface area contributed by atoms with Crippen LogP contribution in [0, 0.1) is 17.7 Å². The van der Waals surface area contributed by atoms with E-state index in [1.54, 1.807) is 0 Å². The molecule has 2 aliphatic heterocycles. The smallest absolute Gasteiger partial charge is 0.411 e. The molecule has 1 unspecified atom stereocenters. The summed E-state index contributed by atoms with van der Waals surface area (Å²) in [5.41, 5.74) is 0.310. The van der Waals surface area contributed by atoms with E-state index in [1.807, 2.05) is 0 Å². The first-order valence-corrected chi connectivity index (χ1v) is 16.4. The lowest BCUT2D eigenvalue weighted by Gasteiger charge is -2.34. The minimum atomic E-state index is -3.56. The van der Waals surface area contributed by atoms with Crippen molar-refractivity contribution in [1.29, 1.82) is 0 Å². The standard InChI is InChI=1S/C30H37FN4O7S/c1-18-6-8-19(9-7-18)26(33-27(36)20-4-3-5-21(14-20)34-43(2,40)41)28(37)32-22-15-23(31)25-24(16-22)35(29(38)39)17-30(25)10-12-42-13-11-30/h3-5,14-16,18-19,26,34H,6-13,17H2,1-2H3,(H,32,37)(H,33,36)(H,38,39)/t18-,19-,26?. The Bertz CT molecular complexity index is 1520. The molecule has 1 saturated heterocycles. The first-order chi connectivity index (χ1) is 20.3. The molecular formula is C30H37FN4O7S. The maximum absolute atomic E-state index is 15.7. The Morgan fingerprint density at radius 2 is 1.77 bits per heavy atom. The van der Waals surface area contributed by atoms with Crippen molar-refractivity contribution < 1.29 is 37.0 Å². The zero-order valence-electron chi connectivity index (χ0n) is 24.2. The third-order valence-corrected chi connectivity index (χ3v) is 9.44. The quantitative estimate of drug-likeness (QED) is 0.362. The summed E-state index contributed by atoms with van der Waals surface area (Å²) in [6, 6.07) is 7.68. The van der Waals surface area contributed by atoms with Gasteiger partial charge in [-0.05, 0) is 67.9 Å². The molecule has 2 heterocycles. The first kappa shape index (κ1) is 30.7. The summed E-state index contributed by atoms with van der Waals surface area (Å²) in [6.07, 6.45) is 3.93. The van der Waals surface area contributed by atoms with Gasteiger partial charge in [0.1, 0.15) is 11.9 Å². The number of ether oxygens (including phenoxy) is 1. The van der Waals surface area contributed by atoms with Gasteiger partial charge in [0.2, 0.25) is 15.9 Å². The number of anilines is 3. The highest BCUT2D eigenvalue weighted by molar-refractivity contribution is 7.92. The summed E-state index contributed by atoms with van der Waals surface area (Å²) < 4.78 is 46.8. The number of fused-ring (bicyclic) bond motifs is 2. The Labute approximate surface area is 250 Å². The molecule has 1 aliphatic carbocycles. The molecule has 13 heteroatoms. The number of halogens is 1. The molecule has 3 amide bonds. The van der Waals surface area contributed by atoms with Crippen LogP contribution in [-0.2, 0) is 25.0 Å². The Balaban J connectivity index is 1.41. The third-order valence-electron chi connectivity index (χ3n) is 8.83. The molecule has 5 rings (SSSR count). The number of amides is 3. The maximum Gasteiger partial charge on any atom is 0.411 e. The van der Waals surface area contributed by atoms with Crippen molar-refractivity contribution in [2.75, 3.05) is 41.0 Å². The lowest BCUT2D eigenvalue weighted by molar-refractivity contribution is -0.119. The van der Waals surface area contributed by atoms with E-state index < -0.39 is 45.2 Å². The second-order valence-corrected chi connectivity index (χ2v) is 13.8. The van der Waals surface area contributed by atoms with Gasteiger partial charge in [-0.25, -0.2) is 17.6 Å². The number of carbonyl (C=O) groups excluding carboxylic acids is 2. The molecule has 2 aromatic rings. The number of nitrogens with one attached hydrogen (secondary N) is 3. The summed E-state index contributed by atoms with van der Waals surface area (Å²) in [5, 5.41) is 15.5. The van der Waals surface area contributed by atoms with Crippen molar-refractivity contribution in [3.8, 4) is 0 Å². The van der Waals surface area contributed by atoms with E-state index in [2.05, 4.69) is 22.3 Å². The molecule has 0 radical (unpaired) electrons. The van der Waals surface area contributed by atoms with Crippen molar-refractivity contribution in [3.63, 3.8) is 0 Å². The fraction of sp³-hybridized carbons (Fsp3) is 0.500. The van der Waals surface area contributed by atoms with Gasteiger partial charge in [0.25, 0.3) is 5.91 Å². The van der Waals surface area contributed by atoms with E-state index >= 15 is 4.39 Å². The second-order valence-electron chi connectivity index (χ2n) is 12.0. The predicted octanol–water partition coefficient (Wildman–Crippen LogP) is 4.31. The van der Waals surface area contributed by atoms with Crippen molar-refractivity contribution in [3.05, 3.63) is 53.3 Å². The van der Waals surface area contributed by atoms with Crippen molar-refractivity contribution in [2.45, 2.75) is 56.9 Å². The molecule has 43 heavy (non-hydrogen) atoms. The Morgan fingerprint density at radius 3 is 2.42 bits per heavy atom. The Morgan fingerprint density at radius 1 is 1.07 bits per heavy atom. The van der Waals surface area contributed by atoms with E-state index in [1.165, 1.54) is 36.4 Å². The molecule has 0 aromatic heterocycles. The van der Waals surface area contributed by atoms with E-state index in [-0.39, 0.29) is 35.1 Å². The topological polar surface area (TPSA) is 154 Å². The predicted molar refractivity (Wildman–Crippen MR) is 159 cm³/mol. The highest BCUT2D eigenvalue weighted by atomic mass is 32.2. The lowest BCUT2D eigenvalue weighted by Crippen LogP contribution is -2.49. The second kappa shape index (κ2) is 12.1. The summed E-state index contributed by atoms with van der Waals surface area (Å²) >= 11 is 0.